The van der Waals surface area contributed by atoms with Gasteiger partial charge in [0, 0.05) is 12.7 Å². The number of fused-ring (bicyclic) bond motifs is 1. The van der Waals surface area contributed by atoms with E-state index in [-0.39, 0.29) is 17.7 Å². The number of anilines is 2. The number of carbonyl (C=O) groups excluding carboxylic acids is 1. The van der Waals surface area contributed by atoms with Crippen LogP contribution >= 0.6 is 0 Å². The van der Waals surface area contributed by atoms with Crippen molar-refractivity contribution in [2.75, 3.05) is 17.6 Å². The highest BCUT2D eigenvalue weighted by molar-refractivity contribution is 5.90. The molecular weight excluding hydrogens is 346 g/mol. The minimum atomic E-state index is -0.465. The average molecular weight is 369 g/mol. The third-order valence-corrected chi connectivity index (χ3v) is 4.23. The van der Waals surface area contributed by atoms with Crippen LogP contribution in [0.2, 0.25) is 0 Å². The molecule has 0 bridgehead atoms. The van der Waals surface area contributed by atoms with Gasteiger partial charge >= 0.3 is 0 Å². The molecule has 5 N–H and O–H groups in total. The Balaban J connectivity index is 1.83. The lowest BCUT2D eigenvalue weighted by Crippen LogP contribution is -2.47. The molecule has 142 valence electrons. The molecular formula is C17H23N9O. The van der Waals surface area contributed by atoms with E-state index in [1.54, 1.807) is 12.3 Å². The maximum absolute atomic E-state index is 12.2. The highest BCUT2D eigenvalue weighted by Crippen LogP contribution is 2.25. The summed E-state index contributed by atoms with van der Waals surface area (Å²) in [6, 6.07) is 3.63. The van der Waals surface area contributed by atoms with Crippen LogP contribution in [0.5, 0.6) is 0 Å². The highest BCUT2D eigenvalue weighted by Gasteiger charge is 2.27. The fourth-order valence-electron chi connectivity index (χ4n) is 2.79. The number of hydrogen-bond donors (Lipinski definition) is 4. The Morgan fingerprint density at radius 2 is 2.19 bits per heavy atom. The number of pyridine rings is 1. The minimum absolute atomic E-state index is 0.103. The topological polar surface area (TPSA) is 147 Å². The zero-order valence-electron chi connectivity index (χ0n) is 15.4. The first-order valence-corrected chi connectivity index (χ1v) is 8.81. The summed E-state index contributed by atoms with van der Waals surface area (Å²) in [4.78, 5) is 29.0. The monoisotopic (exact) mass is 369 g/mol. The Kier molecular flexibility index (Phi) is 5.43. The van der Waals surface area contributed by atoms with Crippen molar-refractivity contribution < 1.29 is 4.79 Å². The maximum atomic E-state index is 12.2. The lowest BCUT2D eigenvalue weighted by Gasteiger charge is -2.32. The number of aromatic nitrogens is 6. The van der Waals surface area contributed by atoms with Gasteiger partial charge in [-0.1, -0.05) is 19.8 Å². The second kappa shape index (κ2) is 7.94. The molecule has 10 heteroatoms. The van der Waals surface area contributed by atoms with Crippen molar-refractivity contribution in [1.82, 2.24) is 35.5 Å². The molecule has 1 unspecified atom stereocenters. The molecule has 0 saturated carbocycles. The number of aromatic amines is 1. The number of carbonyl (C=O) groups is 1. The van der Waals surface area contributed by atoms with Gasteiger partial charge in [0.05, 0.1) is 11.1 Å². The molecule has 1 amide bonds. The number of nitrogen functional groups attached to an aromatic ring is 1. The number of nitrogens with one attached hydrogen (secondary N) is 3. The standard InChI is InChI=1S/C17H23N9O/c1-3-4-7-17(2,9-20-15(27)14-21-10-22-26-14)25-13-12-11(6-5-8-19-12)23-16(18)24-13/h5-6,8,10H,3-4,7,9H2,1-2H3,(H,20,27)(H,21,22,26)(H3,18,23,24,25). The van der Waals surface area contributed by atoms with Crippen molar-refractivity contribution >= 4 is 28.7 Å². The van der Waals surface area contributed by atoms with Crippen LogP contribution in [0, 0.1) is 0 Å². The molecule has 0 radical (unpaired) electrons. The van der Waals surface area contributed by atoms with Crippen molar-refractivity contribution in [3.63, 3.8) is 0 Å². The van der Waals surface area contributed by atoms with Gasteiger partial charge in [-0.25, -0.2) is 9.97 Å². The van der Waals surface area contributed by atoms with Gasteiger partial charge < -0.3 is 16.4 Å². The van der Waals surface area contributed by atoms with Gasteiger partial charge in [-0.05, 0) is 25.5 Å². The van der Waals surface area contributed by atoms with Crippen LogP contribution in [0.15, 0.2) is 24.7 Å². The lowest BCUT2D eigenvalue weighted by atomic mass is 9.94. The summed E-state index contributed by atoms with van der Waals surface area (Å²) < 4.78 is 0. The number of amides is 1. The Bertz CT molecular complexity index is 912. The third-order valence-electron chi connectivity index (χ3n) is 4.23. The van der Waals surface area contributed by atoms with Crippen LogP contribution in [-0.4, -0.2) is 48.1 Å². The van der Waals surface area contributed by atoms with E-state index in [2.05, 4.69) is 47.7 Å². The van der Waals surface area contributed by atoms with E-state index in [4.69, 9.17) is 5.73 Å². The second-order valence-electron chi connectivity index (χ2n) is 6.60. The lowest BCUT2D eigenvalue weighted by molar-refractivity contribution is 0.0935. The third kappa shape index (κ3) is 4.46. The van der Waals surface area contributed by atoms with Crippen molar-refractivity contribution in [3.8, 4) is 0 Å². The van der Waals surface area contributed by atoms with Gasteiger partial charge in [0.2, 0.25) is 11.8 Å². The summed E-state index contributed by atoms with van der Waals surface area (Å²) in [7, 11) is 0. The summed E-state index contributed by atoms with van der Waals surface area (Å²) in [6.07, 6.45) is 5.87. The molecule has 3 rings (SSSR count). The summed E-state index contributed by atoms with van der Waals surface area (Å²) in [5.41, 5.74) is 6.68. The zero-order valence-corrected chi connectivity index (χ0v) is 15.4. The van der Waals surface area contributed by atoms with Crippen LogP contribution in [0.1, 0.15) is 43.7 Å². The van der Waals surface area contributed by atoms with Gasteiger partial charge in [-0.3, -0.25) is 14.9 Å². The number of rotatable bonds is 8. The first-order valence-electron chi connectivity index (χ1n) is 8.81. The molecule has 0 aliphatic heterocycles. The normalized spacial score (nSPS) is 13.3. The molecule has 0 fully saturated rings. The summed E-state index contributed by atoms with van der Waals surface area (Å²) in [5, 5.41) is 12.6. The predicted molar refractivity (Wildman–Crippen MR) is 102 cm³/mol. The van der Waals surface area contributed by atoms with Gasteiger partial charge in [0.1, 0.15) is 11.8 Å². The number of nitrogens with zero attached hydrogens (tertiary/aromatic N) is 5. The number of H-pyrrole nitrogens is 1. The Hall–Kier alpha value is -3.30. The summed E-state index contributed by atoms with van der Waals surface area (Å²) in [5.74, 6) is 0.474. The Morgan fingerprint density at radius 3 is 2.93 bits per heavy atom. The number of hydrogen-bond acceptors (Lipinski definition) is 8. The van der Waals surface area contributed by atoms with Crippen LogP contribution in [0.4, 0.5) is 11.8 Å². The van der Waals surface area contributed by atoms with Crippen LogP contribution in [0.25, 0.3) is 11.0 Å². The maximum Gasteiger partial charge on any atom is 0.291 e. The molecule has 0 saturated heterocycles. The van der Waals surface area contributed by atoms with E-state index >= 15 is 0 Å². The quantitative estimate of drug-likeness (QED) is 0.467. The van der Waals surface area contributed by atoms with E-state index in [1.807, 2.05) is 13.0 Å². The summed E-state index contributed by atoms with van der Waals surface area (Å²) in [6.45, 7) is 4.50. The fourth-order valence-corrected chi connectivity index (χ4v) is 2.79. The van der Waals surface area contributed by atoms with Gasteiger partial charge in [-0.15, -0.1) is 5.10 Å². The molecule has 27 heavy (non-hydrogen) atoms. The molecule has 3 aromatic heterocycles. The van der Waals surface area contributed by atoms with Crippen LogP contribution < -0.4 is 16.4 Å². The Labute approximate surface area is 156 Å². The zero-order chi connectivity index (χ0) is 19.3. The second-order valence-corrected chi connectivity index (χ2v) is 6.60. The average Bonchev–Trinajstić information content (AvgIpc) is 3.19. The highest BCUT2D eigenvalue weighted by atomic mass is 16.2. The predicted octanol–water partition coefficient (Wildman–Crippen LogP) is 1.52. The van der Waals surface area contributed by atoms with Crippen molar-refractivity contribution in [2.45, 2.75) is 38.6 Å². The van der Waals surface area contributed by atoms with E-state index in [0.29, 0.717) is 23.4 Å². The molecule has 3 aromatic rings. The molecule has 0 spiro atoms. The Morgan fingerprint density at radius 1 is 1.33 bits per heavy atom. The summed E-state index contributed by atoms with van der Waals surface area (Å²) >= 11 is 0. The molecule has 10 nitrogen and oxygen atoms in total. The fraction of sp³-hybridized carbons (Fsp3) is 0.412. The van der Waals surface area contributed by atoms with Crippen molar-refractivity contribution in [1.29, 1.82) is 0 Å². The SMILES string of the molecule is CCCCC(C)(CNC(=O)c1nc[nH]n1)Nc1nc(N)nc2cccnc12. The first-order chi connectivity index (χ1) is 13.0. The van der Waals surface area contributed by atoms with E-state index in [1.165, 1.54) is 6.33 Å². The van der Waals surface area contributed by atoms with Gasteiger partial charge in [-0.2, -0.15) is 4.98 Å². The minimum Gasteiger partial charge on any atom is -0.368 e. The largest absolute Gasteiger partial charge is 0.368 e. The van der Waals surface area contributed by atoms with Crippen LogP contribution in [0.3, 0.4) is 0 Å². The van der Waals surface area contributed by atoms with Crippen molar-refractivity contribution in [3.05, 3.63) is 30.5 Å². The van der Waals surface area contributed by atoms with E-state index < -0.39 is 5.54 Å². The van der Waals surface area contributed by atoms with Gasteiger partial charge in [0.15, 0.2) is 5.82 Å². The molecule has 0 aliphatic carbocycles. The van der Waals surface area contributed by atoms with Crippen molar-refractivity contribution in [2.24, 2.45) is 0 Å². The molecule has 0 aromatic carbocycles. The molecule has 3 heterocycles. The van der Waals surface area contributed by atoms with E-state index in [9.17, 15) is 4.79 Å². The number of nitrogens with two attached hydrogens (primary N) is 1. The van der Waals surface area contributed by atoms with Gasteiger partial charge in [0.25, 0.3) is 5.91 Å². The molecule has 1 atom stereocenters. The number of unbranched alkanes of at least 4 members (excludes halogenated alkanes) is 1. The van der Waals surface area contributed by atoms with Crippen LogP contribution in [-0.2, 0) is 0 Å². The smallest absolute Gasteiger partial charge is 0.291 e. The van der Waals surface area contributed by atoms with E-state index in [0.717, 1.165) is 19.3 Å². The molecule has 0 aliphatic rings. The first kappa shape index (κ1) is 18.5.